The highest BCUT2D eigenvalue weighted by Crippen LogP contribution is 2.76. The van der Waals surface area contributed by atoms with Gasteiger partial charge < -0.3 is 34.3 Å². The molecule has 2 saturated heterocycles. The first-order chi connectivity index (χ1) is 22.3. The van der Waals surface area contributed by atoms with Crippen molar-refractivity contribution >= 4 is 11.9 Å². The zero-order valence-corrected chi connectivity index (χ0v) is 30.6. The Morgan fingerprint density at radius 1 is 0.833 bits per heavy atom. The van der Waals surface area contributed by atoms with Crippen LogP contribution in [0.25, 0.3) is 0 Å². The second-order valence-corrected chi connectivity index (χ2v) is 18.7. The topological polar surface area (TPSA) is 132 Å². The van der Waals surface area contributed by atoms with E-state index in [0.717, 1.165) is 44.1 Å². The number of hydrogen-bond donors (Lipinski definition) is 3. The number of ether oxygens (including phenoxy) is 4. The second-order valence-electron chi connectivity index (χ2n) is 18.7. The molecule has 6 fully saturated rings. The van der Waals surface area contributed by atoms with Crippen LogP contribution in [0.2, 0.25) is 0 Å². The summed E-state index contributed by atoms with van der Waals surface area (Å²) in [5.74, 6) is -1.69. The lowest BCUT2D eigenvalue weighted by Crippen LogP contribution is -2.68. The van der Waals surface area contributed by atoms with E-state index in [2.05, 4.69) is 47.6 Å². The molecule has 0 amide bonds. The molecule has 5 aliphatic carbocycles. The average molecular weight is 673 g/mol. The predicted molar refractivity (Wildman–Crippen MR) is 178 cm³/mol. The normalized spacial score (nSPS) is 53.6. The van der Waals surface area contributed by atoms with Crippen molar-refractivity contribution in [3.8, 4) is 0 Å². The van der Waals surface area contributed by atoms with E-state index < -0.39 is 64.7 Å². The lowest BCUT2D eigenvalue weighted by Gasteiger charge is -2.70. The van der Waals surface area contributed by atoms with Crippen LogP contribution in [0.4, 0.5) is 0 Å². The van der Waals surface area contributed by atoms with Crippen LogP contribution in [0, 0.1) is 56.7 Å². The Morgan fingerprint density at radius 2 is 1.52 bits per heavy atom. The molecule has 0 bridgehead atoms. The maximum absolute atomic E-state index is 13.9. The fourth-order valence-electron chi connectivity index (χ4n) is 13.4. The zero-order valence-electron chi connectivity index (χ0n) is 30.6. The molecule has 7 rings (SSSR count). The molecule has 15 atom stereocenters. The summed E-state index contributed by atoms with van der Waals surface area (Å²) in [5.41, 5.74) is -1.86. The minimum atomic E-state index is -1.06. The number of aliphatic hydroxyl groups excluding tert-OH is 1. The zero-order chi connectivity index (χ0) is 35.0. The van der Waals surface area contributed by atoms with Crippen LogP contribution in [-0.4, -0.2) is 69.9 Å². The molecule has 0 aromatic heterocycles. The number of carboxylic acid groups (broad SMARTS) is 2. The SMILES string of the molecule is C[C@H]1[C@H](C)CC[C@]2(C(=O)O)CC[C@]3(C(=O)O)C(=CC[C@@H]4[C@@]5(C)CC[C@H](O[C@@H]6O[C@@H](C)[C@H](O)[C@H]7OC(C)(C)O[C@@H]67)C(C)(C)[C@@H]5CC[C@]43C)[C@H]12. The number of allylic oxidation sites excluding steroid dienone is 1. The summed E-state index contributed by atoms with van der Waals surface area (Å²) in [7, 11) is 0. The van der Waals surface area contributed by atoms with Crippen molar-refractivity contribution in [1.29, 1.82) is 0 Å². The Balaban J connectivity index is 1.21. The van der Waals surface area contributed by atoms with E-state index in [1.807, 2.05) is 20.8 Å². The molecule has 7 aliphatic rings. The van der Waals surface area contributed by atoms with Gasteiger partial charge in [0, 0.05) is 0 Å². The van der Waals surface area contributed by atoms with Gasteiger partial charge in [0.25, 0.3) is 0 Å². The molecule has 48 heavy (non-hydrogen) atoms. The molecule has 0 aromatic rings. The van der Waals surface area contributed by atoms with Gasteiger partial charge in [-0.15, -0.1) is 0 Å². The molecule has 9 nitrogen and oxygen atoms in total. The fourth-order valence-corrected chi connectivity index (χ4v) is 13.4. The molecule has 2 heterocycles. The summed E-state index contributed by atoms with van der Waals surface area (Å²) in [4.78, 5) is 27.0. The van der Waals surface area contributed by atoms with E-state index in [4.69, 9.17) is 18.9 Å². The molecule has 4 saturated carbocycles. The highest BCUT2D eigenvalue weighted by atomic mass is 16.8. The number of fused-ring (bicyclic) bond motifs is 8. The van der Waals surface area contributed by atoms with Gasteiger partial charge in [0.15, 0.2) is 12.1 Å². The average Bonchev–Trinajstić information content (AvgIpc) is 3.33. The van der Waals surface area contributed by atoms with Gasteiger partial charge in [0.2, 0.25) is 0 Å². The molecular weight excluding hydrogens is 612 g/mol. The smallest absolute Gasteiger partial charge is 0.314 e. The van der Waals surface area contributed by atoms with Crippen LogP contribution in [0.3, 0.4) is 0 Å². The minimum absolute atomic E-state index is 0.112. The molecule has 0 spiro atoms. The van der Waals surface area contributed by atoms with E-state index in [1.165, 1.54) is 0 Å². The van der Waals surface area contributed by atoms with Crippen LogP contribution in [0.5, 0.6) is 0 Å². The van der Waals surface area contributed by atoms with Crippen LogP contribution in [0.15, 0.2) is 11.6 Å². The number of rotatable bonds is 4. The van der Waals surface area contributed by atoms with Crippen molar-refractivity contribution in [2.45, 2.75) is 163 Å². The Morgan fingerprint density at radius 3 is 2.19 bits per heavy atom. The van der Waals surface area contributed by atoms with E-state index in [1.54, 1.807) is 0 Å². The quantitative estimate of drug-likeness (QED) is 0.218. The van der Waals surface area contributed by atoms with Crippen LogP contribution < -0.4 is 0 Å². The van der Waals surface area contributed by atoms with Crippen molar-refractivity contribution in [1.82, 2.24) is 0 Å². The molecule has 270 valence electrons. The highest BCUT2D eigenvalue weighted by molar-refractivity contribution is 5.84. The molecule has 3 N–H and O–H groups in total. The molecule has 0 aromatic carbocycles. The Kier molecular flexibility index (Phi) is 7.99. The lowest BCUT2D eigenvalue weighted by atomic mass is 9.33. The van der Waals surface area contributed by atoms with Crippen molar-refractivity contribution in [2.75, 3.05) is 0 Å². The summed E-state index contributed by atoms with van der Waals surface area (Å²) in [6, 6.07) is 0. The van der Waals surface area contributed by atoms with Crippen LogP contribution in [0.1, 0.15) is 120 Å². The van der Waals surface area contributed by atoms with E-state index in [-0.39, 0.29) is 40.6 Å². The van der Waals surface area contributed by atoms with Crippen molar-refractivity contribution in [2.24, 2.45) is 56.7 Å². The minimum Gasteiger partial charge on any atom is -0.481 e. The largest absolute Gasteiger partial charge is 0.481 e. The third-order valence-corrected chi connectivity index (χ3v) is 16.1. The van der Waals surface area contributed by atoms with Gasteiger partial charge in [-0.3, -0.25) is 9.59 Å². The molecular formula is C39H60O9. The third-order valence-electron chi connectivity index (χ3n) is 16.1. The van der Waals surface area contributed by atoms with E-state index in [0.29, 0.717) is 25.2 Å². The molecule has 0 unspecified atom stereocenters. The number of carbonyl (C=O) groups is 2. The maximum atomic E-state index is 13.9. The summed E-state index contributed by atoms with van der Waals surface area (Å²) >= 11 is 0. The standard InChI is InChI=1S/C39H60O9/c1-20-12-17-38(32(41)42)18-19-39(33(43)44)23(27(38)21(20)2)10-11-25-36(8)15-14-26(34(4,5)24(36)13-16-37(25,39)9)46-31-30-29(28(40)22(3)45-31)47-35(6,7)48-30/h10,20-22,24-31,40H,11-19H2,1-9H3,(H,41,42)(H,43,44)/t20-,21+,22+,24+,25-,26+,27+,28+,29-,30-,31+,36+,37-,38+,39-/m1/s1. The van der Waals surface area contributed by atoms with Gasteiger partial charge in [-0.25, -0.2) is 0 Å². The first kappa shape index (κ1) is 34.9. The lowest BCUT2D eigenvalue weighted by molar-refractivity contribution is -0.310. The Labute approximate surface area is 286 Å². The van der Waals surface area contributed by atoms with Gasteiger partial charge in [0.1, 0.15) is 18.3 Å². The van der Waals surface area contributed by atoms with Gasteiger partial charge in [-0.2, -0.15) is 0 Å². The van der Waals surface area contributed by atoms with Crippen LogP contribution >= 0.6 is 0 Å². The van der Waals surface area contributed by atoms with Crippen molar-refractivity contribution in [3.63, 3.8) is 0 Å². The first-order valence-electron chi connectivity index (χ1n) is 18.8. The summed E-state index contributed by atoms with van der Waals surface area (Å²) in [5, 5.41) is 32.9. The van der Waals surface area contributed by atoms with Gasteiger partial charge in [0.05, 0.1) is 23.0 Å². The molecule has 2 aliphatic heterocycles. The summed E-state index contributed by atoms with van der Waals surface area (Å²) < 4.78 is 25.5. The van der Waals surface area contributed by atoms with E-state index in [9.17, 15) is 24.9 Å². The maximum Gasteiger partial charge on any atom is 0.314 e. The van der Waals surface area contributed by atoms with Crippen molar-refractivity contribution < 1.29 is 43.9 Å². The predicted octanol–water partition coefficient (Wildman–Crippen LogP) is 6.80. The summed E-state index contributed by atoms with van der Waals surface area (Å²) in [6.07, 6.45) is 5.64. The molecule has 0 radical (unpaired) electrons. The number of aliphatic hydroxyl groups is 1. The van der Waals surface area contributed by atoms with Gasteiger partial charge in [-0.1, -0.05) is 53.2 Å². The Bertz CT molecular complexity index is 1370. The monoisotopic (exact) mass is 672 g/mol. The van der Waals surface area contributed by atoms with Crippen molar-refractivity contribution in [3.05, 3.63) is 11.6 Å². The van der Waals surface area contributed by atoms with Crippen LogP contribution in [-0.2, 0) is 28.5 Å². The second kappa shape index (κ2) is 11.0. The first-order valence-corrected chi connectivity index (χ1v) is 18.8. The van der Waals surface area contributed by atoms with Gasteiger partial charge in [-0.05, 0) is 124 Å². The fraction of sp³-hybridized carbons (Fsp3) is 0.897. The third kappa shape index (κ3) is 4.45. The van der Waals surface area contributed by atoms with E-state index >= 15 is 0 Å². The summed E-state index contributed by atoms with van der Waals surface area (Å²) in [6.45, 7) is 19.2. The number of hydrogen-bond acceptors (Lipinski definition) is 7. The Hall–Kier alpha value is -1.52. The highest BCUT2D eigenvalue weighted by Gasteiger charge is 2.73. The van der Waals surface area contributed by atoms with Gasteiger partial charge >= 0.3 is 11.9 Å². The molecule has 9 heteroatoms. The number of aliphatic carboxylic acids is 2. The number of carboxylic acids is 2.